The van der Waals surface area contributed by atoms with Crippen LogP contribution in [0.25, 0.3) is 22.4 Å². The summed E-state index contributed by atoms with van der Waals surface area (Å²) in [7, 11) is -3.95. The van der Waals surface area contributed by atoms with Gasteiger partial charge in [0.1, 0.15) is 17.6 Å². The fourth-order valence-electron chi connectivity index (χ4n) is 4.38. The number of benzene rings is 3. The lowest BCUT2D eigenvalue weighted by molar-refractivity contribution is 0.192. The number of nitrogens with one attached hydrogen (secondary N) is 3. The summed E-state index contributed by atoms with van der Waals surface area (Å²) >= 11 is 0. The summed E-state index contributed by atoms with van der Waals surface area (Å²) in [6.07, 6.45) is 3.54. The zero-order valence-electron chi connectivity index (χ0n) is 22.5. The van der Waals surface area contributed by atoms with E-state index in [0.717, 1.165) is 16.6 Å². The first-order chi connectivity index (χ1) is 20.9. The maximum atomic E-state index is 13.0. The van der Waals surface area contributed by atoms with Crippen molar-refractivity contribution in [1.29, 1.82) is 0 Å². The second kappa shape index (κ2) is 12.1. The molecule has 0 spiro atoms. The van der Waals surface area contributed by atoms with Gasteiger partial charge in [0, 0.05) is 24.0 Å². The van der Waals surface area contributed by atoms with Crippen molar-refractivity contribution in [3.8, 4) is 17.1 Å². The average molecular weight is 596 g/mol. The molecule has 3 aromatic carbocycles. The number of H-pyrrole nitrogens is 1. The van der Waals surface area contributed by atoms with Gasteiger partial charge in [0.2, 0.25) is 5.89 Å². The minimum absolute atomic E-state index is 0.0170. The molecule has 1 unspecified atom stereocenters. The van der Waals surface area contributed by atoms with Crippen molar-refractivity contribution in [2.75, 3.05) is 4.72 Å². The van der Waals surface area contributed by atoms with Gasteiger partial charge in [0.15, 0.2) is 0 Å². The van der Waals surface area contributed by atoms with E-state index in [-0.39, 0.29) is 22.6 Å². The van der Waals surface area contributed by atoms with Crippen LogP contribution in [-0.2, 0) is 16.4 Å². The second-order valence-electron chi connectivity index (χ2n) is 9.47. The summed E-state index contributed by atoms with van der Waals surface area (Å²) in [5.41, 5.74) is 3.29. The van der Waals surface area contributed by atoms with E-state index in [0.29, 0.717) is 24.2 Å². The van der Waals surface area contributed by atoms with Gasteiger partial charge in [-0.05, 0) is 54.8 Å². The van der Waals surface area contributed by atoms with Crippen LogP contribution in [0.1, 0.15) is 23.9 Å². The van der Waals surface area contributed by atoms with Gasteiger partial charge in [-0.1, -0.05) is 53.6 Å². The molecule has 3 heterocycles. The quantitative estimate of drug-likeness (QED) is 0.191. The average Bonchev–Trinajstić information content (AvgIpc) is 3.67. The summed E-state index contributed by atoms with van der Waals surface area (Å²) in [5, 5.41) is 10.6. The van der Waals surface area contributed by atoms with Crippen molar-refractivity contribution in [1.82, 2.24) is 30.5 Å². The van der Waals surface area contributed by atoms with Crippen molar-refractivity contribution in [3.05, 3.63) is 115 Å². The number of hydrogen-bond acceptors (Lipinski definition) is 9. The van der Waals surface area contributed by atoms with Gasteiger partial charge in [-0.25, -0.2) is 22.9 Å². The highest BCUT2D eigenvalue weighted by molar-refractivity contribution is 7.92. The zero-order chi connectivity index (χ0) is 29.6. The SMILES string of the molecule is O=C(NC(CCc1ccccc1)c1nnc(NS(=O)(=O)c2ccccc2)o1)Oc1ccc2[nH]c(-c3ccncc3)nc2c1. The van der Waals surface area contributed by atoms with Crippen LogP contribution in [-0.4, -0.2) is 39.7 Å². The van der Waals surface area contributed by atoms with Crippen LogP contribution < -0.4 is 14.8 Å². The van der Waals surface area contributed by atoms with Crippen molar-refractivity contribution in [3.63, 3.8) is 0 Å². The van der Waals surface area contributed by atoms with E-state index < -0.39 is 22.2 Å². The van der Waals surface area contributed by atoms with Crippen LogP contribution in [0.2, 0.25) is 0 Å². The smallest absolute Gasteiger partial charge is 0.410 e. The van der Waals surface area contributed by atoms with Crippen LogP contribution in [0.15, 0.2) is 113 Å². The van der Waals surface area contributed by atoms with E-state index in [2.05, 4.69) is 35.2 Å². The van der Waals surface area contributed by atoms with E-state index in [1.165, 1.54) is 12.1 Å². The van der Waals surface area contributed by atoms with E-state index in [4.69, 9.17) is 9.15 Å². The Morgan fingerprint density at radius 2 is 1.67 bits per heavy atom. The second-order valence-corrected chi connectivity index (χ2v) is 11.2. The van der Waals surface area contributed by atoms with Gasteiger partial charge >= 0.3 is 12.1 Å². The Kier molecular flexibility index (Phi) is 7.78. The molecule has 1 amide bonds. The van der Waals surface area contributed by atoms with Gasteiger partial charge in [0.05, 0.1) is 15.9 Å². The first-order valence-electron chi connectivity index (χ1n) is 13.3. The predicted octanol–water partition coefficient (Wildman–Crippen LogP) is 5.27. The highest BCUT2D eigenvalue weighted by Gasteiger charge is 2.24. The number of hydrogen-bond donors (Lipinski definition) is 3. The molecule has 0 saturated carbocycles. The number of rotatable bonds is 10. The number of nitrogens with zero attached hydrogens (tertiary/aromatic N) is 4. The standard InChI is InChI=1S/C30H25N7O5S/c38-30(41-22-12-14-24-26(19-22)33-27(32-24)21-15-17-31-18-16-21)34-25(13-11-20-7-3-1-4-8-20)28-35-36-29(42-28)37-43(39,40)23-9-5-2-6-10-23/h1-10,12,14-19,25H,11,13H2,(H,32,33)(H,34,38)(H,36,37). The first kappa shape index (κ1) is 27.6. The van der Waals surface area contributed by atoms with E-state index in [1.807, 2.05) is 42.5 Å². The lowest BCUT2D eigenvalue weighted by Crippen LogP contribution is -2.31. The lowest BCUT2D eigenvalue weighted by atomic mass is 10.1. The Morgan fingerprint density at radius 3 is 2.44 bits per heavy atom. The summed E-state index contributed by atoms with van der Waals surface area (Å²) < 4.78 is 38.9. The maximum Gasteiger partial charge on any atom is 0.413 e. The lowest BCUT2D eigenvalue weighted by Gasteiger charge is -2.15. The number of carbonyl (C=O) groups is 1. The molecule has 43 heavy (non-hydrogen) atoms. The number of sulfonamides is 1. The number of ether oxygens (including phenoxy) is 1. The molecule has 0 aliphatic heterocycles. The first-order valence-corrected chi connectivity index (χ1v) is 14.7. The fraction of sp³-hybridized carbons (Fsp3) is 0.100. The minimum Gasteiger partial charge on any atom is -0.410 e. The summed E-state index contributed by atoms with van der Waals surface area (Å²) in [6, 6.07) is 25.1. The Labute approximate surface area is 246 Å². The van der Waals surface area contributed by atoms with Gasteiger partial charge < -0.3 is 19.5 Å². The third-order valence-electron chi connectivity index (χ3n) is 6.49. The molecule has 1 atom stereocenters. The number of aromatic nitrogens is 5. The molecular weight excluding hydrogens is 570 g/mol. The minimum atomic E-state index is -3.95. The molecule has 12 nitrogen and oxygen atoms in total. The fourth-order valence-corrected chi connectivity index (χ4v) is 5.32. The molecule has 6 aromatic rings. The Bertz CT molecular complexity index is 1950. The summed E-state index contributed by atoms with van der Waals surface area (Å²) in [5.74, 6) is 0.958. The van der Waals surface area contributed by atoms with Crippen molar-refractivity contribution in [2.24, 2.45) is 0 Å². The van der Waals surface area contributed by atoms with Gasteiger partial charge in [0.25, 0.3) is 10.0 Å². The molecule has 0 bridgehead atoms. The topological polar surface area (TPSA) is 165 Å². The Balaban J connectivity index is 1.18. The van der Waals surface area contributed by atoms with Gasteiger partial charge in [-0.15, -0.1) is 5.10 Å². The molecule has 6 rings (SSSR count). The van der Waals surface area contributed by atoms with Gasteiger partial charge in [-0.3, -0.25) is 4.98 Å². The van der Waals surface area contributed by atoms with E-state index >= 15 is 0 Å². The summed E-state index contributed by atoms with van der Waals surface area (Å²) in [4.78, 5) is 24.9. The molecule has 216 valence electrons. The van der Waals surface area contributed by atoms with Crippen LogP contribution in [0.3, 0.4) is 0 Å². The molecule has 3 N–H and O–H groups in total. The third-order valence-corrected chi connectivity index (χ3v) is 7.83. The van der Waals surface area contributed by atoms with Crippen LogP contribution >= 0.6 is 0 Å². The highest BCUT2D eigenvalue weighted by atomic mass is 32.2. The Hall–Kier alpha value is -5.56. The number of aryl methyl sites for hydroxylation is 1. The van der Waals surface area contributed by atoms with Crippen LogP contribution in [0.5, 0.6) is 5.75 Å². The van der Waals surface area contributed by atoms with Crippen molar-refractivity contribution < 1.29 is 22.4 Å². The monoisotopic (exact) mass is 595 g/mol. The number of aromatic amines is 1. The van der Waals surface area contributed by atoms with E-state index in [1.54, 1.807) is 48.8 Å². The zero-order valence-corrected chi connectivity index (χ0v) is 23.4. The number of carbonyl (C=O) groups excluding carboxylic acids is 1. The van der Waals surface area contributed by atoms with Gasteiger partial charge in [-0.2, -0.15) is 0 Å². The molecule has 0 fully saturated rings. The van der Waals surface area contributed by atoms with Crippen molar-refractivity contribution in [2.45, 2.75) is 23.8 Å². The van der Waals surface area contributed by atoms with Crippen LogP contribution in [0.4, 0.5) is 10.8 Å². The molecule has 13 heteroatoms. The highest BCUT2D eigenvalue weighted by Crippen LogP contribution is 2.25. The molecule has 0 aliphatic carbocycles. The molecule has 0 radical (unpaired) electrons. The number of imidazole rings is 1. The van der Waals surface area contributed by atoms with Crippen molar-refractivity contribution >= 4 is 33.2 Å². The molecular formula is C30H25N7O5S. The number of fused-ring (bicyclic) bond motifs is 1. The number of anilines is 1. The predicted molar refractivity (Wildman–Crippen MR) is 158 cm³/mol. The molecule has 0 saturated heterocycles. The van der Waals surface area contributed by atoms with Crippen LogP contribution in [0, 0.1) is 0 Å². The Morgan fingerprint density at radius 1 is 0.930 bits per heavy atom. The number of pyridine rings is 1. The molecule has 3 aromatic heterocycles. The summed E-state index contributed by atoms with van der Waals surface area (Å²) in [6.45, 7) is 0. The molecule has 0 aliphatic rings. The van der Waals surface area contributed by atoms with E-state index in [9.17, 15) is 13.2 Å². The largest absolute Gasteiger partial charge is 0.413 e. The maximum absolute atomic E-state index is 13.0. The third kappa shape index (κ3) is 6.68. The normalized spacial score (nSPS) is 12.1. The number of amides is 1.